The fourth-order valence-corrected chi connectivity index (χ4v) is 0.960. The second-order valence-electron chi connectivity index (χ2n) is 1.81. The molecule has 1 aliphatic heterocycles. The van der Waals surface area contributed by atoms with E-state index >= 15 is 0 Å². The second-order valence-corrected chi connectivity index (χ2v) is 2.21. The minimum absolute atomic E-state index is 0.537. The molecule has 0 atom stereocenters. The molecule has 0 aromatic carbocycles. The summed E-state index contributed by atoms with van der Waals surface area (Å²) in [6.45, 7) is 0. The van der Waals surface area contributed by atoms with E-state index in [2.05, 4.69) is 20.5 Å². The summed E-state index contributed by atoms with van der Waals surface area (Å²) < 4.78 is 0.537. The summed E-state index contributed by atoms with van der Waals surface area (Å²) in [5.41, 5.74) is 1.45. The van der Waals surface area contributed by atoms with Gasteiger partial charge in [-0.2, -0.15) is 5.10 Å². The third-order valence-corrected chi connectivity index (χ3v) is 1.48. The van der Waals surface area contributed by atoms with E-state index in [9.17, 15) is 0 Å². The van der Waals surface area contributed by atoms with Gasteiger partial charge in [0.1, 0.15) is 22.4 Å². The van der Waals surface area contributed by atoms with Gasteiger partial charge in [0, 0.05) is 0 Å². The number of aromatic amines is 1. The minimum atomic E-state index is 0.537. The standard InChI is InChI=1S/C5H3N4S/c10-5-4-3(1-8-9-5)6-2-7-4/h1-2H,(H,9,10). The van der Waals surface area contributed by atoms with Crippen LogP contribution in [0, 0.1) is 4.64 Å². The highest BCUT2D eigenvalue weighted by Crippen LogP contribution is 2.26. The Morgan fingerprint density at radius 3 is 3.20 bits per heavy atom. The van der Waals surface area contributed by atoms with Gasteiger partial charge in [0.25, 0.3) is 0 Å². The maximum Gasteiger partial charge on any atom is 0.147 e. The van der Waals surface area contributed by atoms with Crippen LogP contribution in [0.5, 0.6) is 0 Å². The normalized spacial score (nSPS) is 12.8. The first-order valence-electron chi connectivity index (χ1n) is 2.69. The van der Waals surface area contributed by atoms with Crippen molar-refractivity contribution < 1.29 is 0 Å². The summed E-state index contributed by atoms with van der Waals surface area (Å²) in [6, 6.07) is 0. The number of nitrogens with zero attached hydrogens (tertiary/aromatic N) is 3. The Hall–Kier alpha value is -1.23. The fraction of sp³-hybridized carbons (Fsp3) is 0. The summed E-state index contributed by atoms with van der Waals surface area (Å²) in [4.78, 5) is 3.92. The lowest BCUT2D eigenvalue weighted by atomic mass is 10.4. The van der Waals surface area contributed by atoms with Crippen molar-refractivity contribution in [2.75, 3.05) is 0 Å². The van der Waals surface area contributed by atoms with E-state index in [1.807, 2.05) is 0 Å². The second kappa shape index (κ2) is 1.88. The summed E-state index contributed by atoms with van der Waals surface area (Å²) >= 11 is 4.89. The van der Waals surface area contributed by atoms with Gasteiger partial charge >= 0.3 is 0 Å². The van der Waals surface area contributed by atoms with Crippen molar-refractivity contribution in [3.05, 3.63) is 10.8 Å². The van der Waals surface area contributed by atoms with Crippen molar-refractivity contribution in [3.63, 3.8) is 0 Å². The first kappa shape index (κ1) is 5.55. The Bertz CT molecular complexity index is 340. The monoisotopic (exact) mass is 151 g/mol. The molecule has 5 heteroatoms. The van der Waals surface area contributed by atoms with Crippen LogP contribution in [0.2, 0.25) is 0 Å². The highest BCUT2D eigenvalue weighted by Gasteiger charge is 2.08. The van der Waals surface area contributed by atoms with Gasteiger partial charge < -0.3 is 0 Å². The molecule has 0 saturated carbocycles. The molecule has 10 heavy (non-hydrogen) atoms. The quantitative estimate of drug-likeness (QED) is 0.563. The summed E-state index contributed by atoms with van der Waals surface area (Å²) in [7, 11) is 0. The molecular formula is C5H3N4S. The lowest BCUT2D eigenvalue weighted by Gasteiger charge is -1.91. The van der Waals surface area contributed by atoms with E-state index in [0.29, 0.717) is 10.3 Å². The van der Waals surface area contributed by atoms with Crippen LogP contribution in [-0.2, 0) is 0 Å². The van der Waals surface area contributed by atoms with Crippen molar-refractivity contribution >= 4 is 29.9 Å². The van der Waals surface area contributed by atoms with E-state index in [-0.39, 0.29) is 0 Å². The molecule has 0 saturated heterocycles. The Morgan fingerprint density at radius 1 is 1.50 bits per heavy atom. The van der Waals surface area contributed by atoms with E-state index in [1.54, 1.807) is 6.20 Å². The van der Waals surface area contributed by atoms with Gasteiger partial charge in [-0.25, -0.2) is 10.3 Å². The highest BCUT2D eigenvalue weighted by atomic mass is 32.1. The van der Waals surface area contributed by atoms with E-state index in [1.165, 1.54) is 6.34 Å². The van der Waals surface area contributed by atoms with Gasteiger partial charge in [0.15, 0.2) is 0 Å². The van der Waals surface area contributed by atoms with Crippen molar-refractivity contribution in [2.45, 2.75) is 0 Å². The van der Waals surface area contributed by atoms with Crippen LogP contribution in [0.1, 0.15) is 0 Å². The zero-order chi connectivity index (χ0) is 6.97. The molecule has 1 aromatic rings. The molecule has 1 radical (unpaired) electrons. The number of aliphatic imine (C=N–C) groups is 1. The zero-order valence-electron chi connectivity index (χ0n) is 4.90. The Morgan fingerprint density at radius 2 is 2.40 bits per heavy atom. The fourth-order valence-electron chi connectivity index (χ4n) is 0.750. The van der Waals surface area contributed by atoms with Crippen molar-refractivity contribution in [3.8, 4) is 0 Å². The lowest BCUT2D eigenvalue weighted by Crippen LogP contribution is -1.89. The van der Waals surface area contributed by atoms with Crippen LogP contribution < -0.4 is 5.32 Å². The number of fused-ring (bicyclic) bond motifs is 1. The van der Waals surface area contributed by atoms with E-state index in [0.717, 1.165) is 5.69 Å². The van der Waals surface area contributed by atoms with Crippen LogP contribution in [0.25, 0.3) is 0 Å². The van der Waals surface area contributed by atoms with Crippen molar-refractivity contribution in [2.24, 2.45) is 4.99 Å². The minimum Gasteiger partial charge on any atom is -0.266 e. The Balaban J connectivity index is 2.77. The number of hydrogen-bond acceptors (Lipinski definition) is 3. The lowest BCUT2D eigenvalue weighted by molar-refractivity contribution is 1.01. The first-order valence-corrected chi connectivity index (χ1v) is 3.10. The average molecular weight is 151 g/mol. The number of nitrogens with one attached hydrogen (secondary N) is 1. The molecule has 0 bridgehead atoms. The molecule has 1 aromatic heterocycles. The number of hydrogen-bond donors (Lipinski definition) is 1. The summed E-state index contributed by atoms with van der Waals surface area (Å²) in [6.07, 6.45) is 3.06. The SMILES string of the molecule is S=c1[nH]ncc2c1[N]C=N2. The highest BCUT2D eigenvalue weighted by molar-refractivity contribution is 7.71. The molecule has 0 unspecified atom stereocenters. The topological polar surface area (TPSA) is 55.1 Å². The number of H-pyrrole nitrogens is 1. The molecule has 49 valence electrons. The van der Waals surface area contributed by atoms with Crippen LogP contribution in [0.3, 0.4) is 0 Å². The molecule has 0 fully saturated rings. The predicted octanol–water partition coefficient (Wildman–Crippen LogP) is 1.05. The smallest absolute Gasteiger partial charge is 0.147 e. The molecule has 1 aliphatic rings. The molecule has 2 heterocycles. The van der Waals surface area contributed by atoms with Crippen LogP contribution in [0.4, 0.5) is 11.4 Å². The van der Waals surface area contributed by atoms with Gasteiger partial charge in [0.05, 0.1) is 6.20 Å². The number of rotatable bonds is 0. The van der Waals surface area contributed by atoms with Crippen molar-refractivity contribution in [1.82, 2.24) is 15.5 Å². The third kappa shape index (κ3) is 0.640. The largest absolute Gasteiger partial charge is 0.266 e. The average Bonchev–Trinajstić information content (AvgIpc) is 2.36. The van der Waals surface area contributed by atoms with Gasteiger partial charge in [0.2, 0.25) is 0 Å². The van der Waals surface area contributed by atoms with Gasteiger partial charge in [-0.1, -0.05) is 12.2 Å². The van der Waals surface area contributed by atoms with Crippen molar-refractivity contribution in [1.29, 1.82) is 0 Å². The molecule has 0 amide bonds. The molecule has 1 N–H and O–H groups in total. The third-order valence-electron chi connectivity index (χ3n) is 1.19. The van der Waals surface area contributed by atoms with Gasteiger partial charge in [-0.05, 0) is 0 Å². The molecule has 4 nitrogen and oxygen atoms in total. The summed E-state index contributed by atoms with van der Waals surface area (Å²) in [5.74, 6) is 0. The Kier molecular flexibility index (Phi) is 1.04. The molecular weight excluding hydrogens is 148 g/mol. The molecule has 0 spiro atoms. The summed E-state index contributed by atoms with van der Waals surface area (Å²) in [5, 5.41) is 10.3. The zero-order valence-corrected chi connectivity index (χ0v) is 5.72. The van der Waals surface area contributed by atoms with Gasteiger partial charge in [-0.15, -0.1) is 0 Å². The van der Waals surface area contributed by atoms with Gasteiger partial charge in [-0.3, -0.25) is 5.10 Å². The Labute approximate surface area is 62.0 Å². The predicted molar refractivity (Wildman–Crippen MR) is 39.4 cm³/mol. The maximum absolute atomic E-state index is 4.89. The van der Waals surface area contributed by atoms with E-state index in [4.69, 9.17) is 12.2 Å². The molecule has 0 aliphatic carbocycles. The number of aromatic nitrogens is 2. The van der Waals surface area contributed by atoms with E-state index < -0.39 is 0 Å². The molecule has 2 rings (SSSR count). The van der Waals surface area contributed by atoms with Crippen LogP contribution in [-0.4, -0.2) is 16.5 Å². The first-order chi connectivity index (χ1) is 4.88. The maximum atomic E-state index is 4.89. The van der Waals surface area contributed by atoms with Crippen LogP contribution in [0.15, 0.2) is 11.2 Å². The van der Waals surface area contributed by atoms with Crippen LogP contribution >= 0.6 is 12.2 Å².